The summed E-state index contributed by atoms with van der Waals surface area (Å²) in [6.45, 7) is 3.52. The van der Waals surface area contributed by atoms with Gasteiger partial charge < -0.3 is 14.5 Å². The van der Waals surface area contributed by atoms with Crippen LogP contribution in [-0.2, 0) is 4.74 Å². The van der Waals surface area contributed by atoms with Gasteiger partial charge in [-0.05, 0) is 32.0 Å². The molecule has 0 saturated heterocycles. The first-order chi connectivity index (χ1) is 9.26. The van der Waals surface area contributed by atoms with Crippen LogP contribution in [-0.4, -0.2) is 20.3 Å². The summed E-state index contributed by atoms with van der Waals surface area (Å²) >= 11 is 0. The van der Waals surface area contributed by atoms with Crippen LogP contribution in [0.4, 0.5) is 4.39 Å². The lowest BCUT2D eigenvalue weighted by atomic mass is 10.1. The number of benzene rings is 1. The van der Waals surface area contributed by atoms with Gasteiger partial charge in [0.05, 0.1) is 6.04 Å². The van der Waals surface area contributed by atoms with E-state index in [1.165, 1.54) is 6.07 Å². The molecule has 0 fully saturated rings. The van der Waals surface area contributed by atoms with Crippen LogP contribution in [0, 0.1) is 5.82 Å². The standard InChI is InChI=1S/C15H20FNO2/c1-3-8-18-9-7-13(17-2)14-10-11-5-4-6-12(16)15(11)19-14/h4-6,10,13,17H,3,7-9H2,1-2H3. The SMILES string of the molecule is CCCOCCC(NC)c1cc2cccc(F)c2o1. The quantitative estimate of drug-likeness (QED) is 0.776. The van der Waals surface area contributed by atoms with E-state index in [9.17, 15) is 4.39 Å². The predicted molar refractivity (Wildman–Crippen MR) is 73.7 cm³/mol. The highest BCUT2D eigenvalue weighted by molar-refractivity contribution is 5.78. The number of rotatable bonds is 7. The topological polar surface area (TPSA) is 34.4 Å². The third kappa shape index (κ3) is 3.33. The zero-order chi connectivity index (χ0) is 13.7. The summed E-state index contributed by atoms with van der Waals surface area (Å²) in [5, 5.41) is 3.98. The molecular formula is C15H20FNO2. The minimum absolute atomic E-state index is 0.0451. The van der Waals surface area contributed by atoms with Gasteiger partial charge in [0.25, 0.3) is 0 Å². The average molecular weight is 265 g/mol. The van der Waals surface area contributed by atoms with Crippen molar-refractivity contribution in [1.82, 2.24) is 5.32 Å². The van der Waals surface area contributed by atoms with E-state index in [0.717, 1.165) is 30.6 Å². The van der Waals surface area contributed by atoms with Crippen molar-refractivity contribution in [3.63, 3.8) is 0 Å². The highest BCUT2D eigenvalue weighted by Crippen LogP contribution is 2.27. The monoisotopic (exact) mass is 265 g/mol. The Morgan fingerprint density at radius 2 is 2.21 bits per heavy atom. The van der Waals surface area contributed by atoms with E-state index in [-0.39, 0.29) is 11.9 Å². The van der Waals surface area contributed by atoms with Gasteiger partial charge in [-0.1, -0.05) is 19.1 Å². The molecule has 0 radical (unpaired) electrons. The molecule has 0 spiro atoms. The van der Waals surface area contributed by atoms with Gasteiger partial charge in [0.15, 0.2) is 11.4 Å². The minimum Gasteiger partial charge on any atom is -0.456 e. The van der Waals surface area contributed by atoms with E-state index >= 15 is 0 Å². The van der Waals surface area contributed by atoms with Crippen molar-refractivity contribution in [3.8, 4) is 0 Å². The third-order valence-corrected chi connectivity index (χ3v) is 3.11. The molecule has 1 N–H and O–H groups in total. The molecule has 0 aliphatic rings. The third-order valence-electron chi connectivity index (χ3n) is 3.11. The molecule has 1 atom stereocenters. The van der Waals surface area contributed by atoms with Crippen molar-refractivity contribution in [2.24, 2.45) is 0 Å². The molecule has 3 nitrogen and oxygen atoms in total. The summed E-state index contributed by atoms with van der Waals surface area (Å²) in [6.07, 6.45) is 1.82. The molecule has 1 aromatic heterocycles. The smallest absolute Gasteiger partial charge is 0.169 e. The highest BCUT2D eigenvalue weighted by atomic mass is 19.1. The number of furan rings is 1. The molecule has 1 aromatic carbocycles. The van der Waals surface area contributed by atoms with E-state index in [0.29, 0.717) is 12.2 Å². The van der Waals surface area contributed by atoms with E-state index in [2.05, 4.69) is 12.2 Å². The highest BCUT2D eigenvalue weighted by Gasteiger charge is 2.16. The fourth-order valence-electron chi connectivity index (χ4n) is 2.10. The van der Waals surface area contributed by atoms with Gasteiger partial charge in [-0.15, -0.1) is 0 Å². The first-order valence-corrected chi connectivity index (χ1v) is 6.69. The van der Waals surface area contributed by atoms with Crippen LogP contribution in [0.5, 0.6) is 0 Å². The number of hydrogen-bond donors (Lipinski definition) is 1. The number of ether oxygens (including phenoxy) is 1. The maximum atomic E-state index is 13.6. The number of nitrogens with one attached hydrogen (secondary N) is 1. The molecule has 1 heterocycles. The average Bonchev–Trinajstić information content (AvgIpc) is 2.84. The van der Waals surface area contributed by atoms with Gasteiger partial charge in [-0.3, -0.25) is 0 Å². The van der Waals surface area contributed by atoms with E-state index in [1.54, 1.807) is 6.07 Å². The first kappa shape index (κ1) is 14.0. The van der Waals surface area contributed by atoms with Crippen molar-refractivity contribution in [1.29, 1.82) is 0 Å². The molecule has 104 valence electrons. The Bertz CT molecular complexity index is 524. The molecule has 4 heteroatoms. The molecule has 2 aromatic rings. The lowest BCUT2D eigenvalue weighted by molar-refractivity contribution is 0.123. The fourth-order valence-corrected chi connectivity index (χ4v) is 2.10. The second-order valence-corrected chi connectivity index (χ2v) is 4.55. The van der Waals surface area contributed by atoms with Crippen LogP contribution in [0.15, 0.2) is 28.7 Å². The lowest BCUT2D eigenvalue weighted by Crippen LogP contribution is -2.17. The molecule has 19 heavy (non-hydrogen) atoms. The molecule has 0 saturated carbocycles. The van der Waals surface area contributed by atoms with E-state index in [4.69, 9.17) is 9.15 Å². The van der Waals surface area contributed by atoms with Crippen molar-refractivity contribution in [3.05, 3.63) is 35.8 Å². The lowest BCUT2D eigenvalue weighted by Gasteiger charge is -2.13. The Balaban J connectivity index is 2.10. The molecule has 2 rings (SSSR count). The summed E-state index contributed by atoms with van der Waals surface area (Å²) in [5.41, 5.74) is 0.326. The van der Waals surface area contributed by atoms with Gasteiger partial charge in [-0.2, -0.15) is 0 Å². The van der Waals surface area contributed by atoms with Crippen molar-refractivity contribution in [2.75, 3.05) is 20.3 Å². The van der Waals surface area contributed by atoms with Crippen molar-refractivity contribution in [2.45, 2.75) is 25.8 Å². The number of hydrogen-bond acceptors (Lipinski definition) is 3. The van der Waals surface area contributed by atoms with Crippen LogP contribution in [0.25, 0.3) is 11.0 Å². The zero-order valence-electron chi connectivity index (χ0n) is 11.4. The summed E-state index contributed by atoms with van der Waals surface area (Å²) in [5.74, 6) is 0.434. The van der Waals surface area contributed by atoms with Crippen LogP contribution >= 0.6 is 0 Å². The molecule has 0 aliphatic carbocycles. The van der Waals surface area contributed by atoms with Crippen LogP contribution in [0.2, 0.25) is 0 Å². The molecule has 0 aliphatic heterocycles. The largest absolute Gasteiger partial charge is 0.456 e. The summed E-state index contributed by atoms with van der Waals surface area (Å²) in [6, 6.07) is 6.89. The first-order valence-electron chi connectivity index (χ1n) is 6.69. The number of halogens is 1. The van der Waals surface area contributed by atoms with Crippen LogP contribution < -0.4 is 5.32 Å². The summed E-state index contributed by atoms with van der Waals surface area (Å²) < 4.78 is 24.7. The molecule has 0 bridgehead atoms. The summed E-state index contributed by atoms with van der Waals surface area (Å²) in [4.78, 5) is 0. The molecular weight excluding hydrogens is 245 g/mol. The van der Waals surface area contributed by atoms with Gasteiger partial charge in [0.1, 0.15) is 5.76 Å². The Morgan fingerprint density at radius 3 is 2.89 bits per heavy atom. The second-order valence-electron chi connectivity index (χ2n) is 4.55. The Hall–Kier alpha value is -1.39. The Kier molecular flexibility index (Phi) is 4.93. The fraction of sp³-hybridized carbons (Fsp3) is 0.467. The minimum atomic E-state index is -0.319. The summed E-state index contributed by atoms with van der Waals surface area (Å²) in [7, 11) is 1.87. The zero-order valence-corrected chi connectivity index (χ0v) is 11.4. The second kappa shape index (κ2) is 6.68. The molecule has 1 unspecified atom stereocenters. The van der Waals surface area contributed by atoms with E-state index < -0.39 is 0 Å². The maximum absolute atomic E-state index is 13.6. The Labute approximate surface area is 112 Å². The normalized spacial score (nSPS) is 13.0. The van der Waals surface area contributed by atoms with Crippen molar-refractivity contribution < 1.29 is 13.5 Å². The van der Waals surface area contributed by atoms with Crippen molar-refractivity contribution >= 4 is 11.0 Å². The molecule has 0 amide bonds. The maximum Gasteiger partial charge on any atom is 0.169 e. The number of para-hydroxylation sites is 1. The predicted octanol–water partition coefficient (Wildman–Crippen LogP) is 3.65. The van der Waals surface area contributed by atoms with Crippen LogP contribution in [0.3, 0.4) is 0 Å². The van der Waals surface area contributed by atoms with E-state index in [1.807, 2.05) is 19.2 Å². The van der Waals surface area contributed by atoms with Gasteiger partial charge in [-0.25, -0.2) is 4.39 Å². The Morgan fingerprint density at radius 1 is 1.37 bits per heavy atom. The van der Waals surface area contributed by atoms with Gasteiger partial charge in [0.2, 0.25) is 0 Å². The van der Waals surface area contributed by atoms with Gasteiger partial charge in [0, 0.05) is 18.6 Å². The number of fused-ring (bicyclic) bond motifs is 1. The van der Waals surface area contributed by atoms with Gasteiger partial charge >= 0.3 is 0 Å². The van der Waals surface area contributed by atoms with Crippen LogP contribution in [0.1, 0.15) is 31.6 Å².